The molecule has 1 atom stereocenters. The van der Waals surface area contributed by atoms with E-state index in [2.05, 4.69) is 20.9 Å². The van der Waals surface area contributed by atoms with Gasteiger partial charge < -0.3 is 14.5 Å². The van der Waals surface area contributed by atoms with Gasteiger partial charge in [-0.05, 0) is 63.9 Å². The topological polar surface area (TPSA) is 71.5 Å². The molecule has 4 rings (SSSR count). The highest BCUT2D eigenvalue weighted by molar-refractivity contribution is 6.28. The van der Waals surface area contributed by atoms with E-state index < -0.39 is 5.60 Å². The molecule has 8 heteroatoms. The van der Waals surface area contributed by atoms with E-state index in [9.17, 15) is 4.79 Å². The highest BCUT2D eigenvalue weighted by Gasteiger charge is 2.50. The first-order valence-corrected chi connectivity index (χ1v) is 9.77. The molecule has 1 amide bonds. The van der Waals surface area contributed by atoms with Crippen LogP contribution in [0.5, 0.6) is 0 Å². The van der Waals surface area contributed by atoms with E-state index >= 15 is 0 Å². The maximum absolute atomic E-state index is 12.6. The number of carbonyl (C=O) groups excluding carboxylic acids is 1. The molecule has 1 spiro atoms. The number of rotatable bonds is 1. The Bertz CT molecular complexity index is 929. The number of carbonyl (C=O) groups is 1. The summed E-state index contributed by atoms with van der Waals surface area (Å²) in [6.07, 6.45) is 2.20. The normalized spacial score (nSPS) is 21.3. The van der Waals surface area contributed by atoms with Crippen LogP contribution in [-0.4, -0.2) is 51.2 Å². The fourth-order valence-corrected chi connectivity index (χ4v) is 4.12. The van der Waals surface area contributed by atoms with Crippen molar-refractivity contribution in [2.75, 3.05) is 24.5 Å². The third-order valence-electron chi connectivity index (χ3n) is 5.16. The molecule has 0 radical (unpaired) electrons. The summed E-state index contributed by atoms with van der Waals surface area (Å²) < 4.78 is 5.58. The zero-order chi connectivity index (χ0) is 20.1. The summed E-state index contributed by atoms with van der Waals surface area (Å²) in [4.78, 5) is 29.7. The number of aromatic nitrogens is 3. The number of hydrogen-bond acceptors (Lipinski definition) is 6. The summed E-state index contributed by atoms with van der Waals surface area (Å²) >= 11 is 6.02. The van der Waals surface area contributed by atoms with Crippen LogP contribution in [0.25, 0.3) is 0 Å². The highest BCUT2D eigenvalue weighted by atomic mass is 35.5. The zero-order valence-electron chi connectivity index (χ0n) is 16.6. The minimum absolute atomic E-state index is 0.210. The number of aryl methyl sites for hydroxylation is 1. The first-order chi connectivity index (χ1) is 13.2. The average Bonchev–Trinajstić information content (AvgIpc) is 3.17. The molecule has 0 aliphatic carbocycles. The lowest BCUT2D eigenvalue weighted by Crippen LogP contribution is -2.40. The lowest BCUT2D eigenvalue weighted by Gasteiger charge is -2.27. The molecular weight excluding hydrogens is 378 g/mol. The predicted molar refractivity (Wildman–Crippen MR) is 107 cm³/mol. The lowest BCUT2D eigenvalue weighted by atomic mass is 9.85. The van der Waals surface area contributed by atoms with E-state index in [0.29, 0.717) is 19.6 Å². The van der Waals surface area contributed by atoms with E-state index in [4.69, 9.17) is 21.3 Å². The van der Waals surface area contributed by atoms with Crippen LogP contribution in [0, 0.1) is 6.92 Å². The van der Waals surface area contributed by atoms with Crippen molar-refractivity contribution in [1.82, 2.24) is 19.9 Å². The zero-order valence-corrected chi connectivity index (χ0v) is 17.3. The minimum atomic E-state index is -0.515. The Hall–Kier alpha value is -2.41. The van der Waals surface area contributed by atoms with Crippen molar-refractivity contribution in [1.29, 1.82) is 0 Å². The van der Waals surface area contributed by atoms with Gasteiger partial charge >= 0.3 is 6.09 Å². The highest BCUT2D eigenvalue weighted by Crippen LogP contribution is 2.48. The molecule has 2 aliphatic rings. The molecule has 2 aromatic heterocycles. The van der Waals surface area contributed by atoms with Gasteiger partial charge in [0.2, 0.25) is 5.28 Å². The standard InChI is InChI=1S/C20H24ClN5O2/c1-13-5-6-14-16(23-13)20(12-26(14)15-7-9-22-17(21)24-15)8-10-25(11-20)18(27)28-19(2,3)4/h5-7,9H,8,10-12H2,1-4H3. The Morgan fingerprint density at radius 3 is 2.71 bits per heavy atom. The van der Waals surface area contributed by atoms with Crippen molar-refractivity contribution in [3.8, 4) is 0 Å². The summed E-state index contributed by atoms with van der Waals surface area (Å²) in [6, 6.07) is 5.90. The van der Waals surface area contributed by atoms with Crippen LogP contribution in [0.15, 0.2) is 24.4 Å². The van der Waals surface area contributed by atoms with Crippen molar-refractivity contribution < 1.29 is 9.53 Å². The first kappa shape index (κ1) is 18.9. The summed E-state index contributed by atoms with van der Waals surface area (Å²) in [5, 5.41) is 0.210. The van der Waals surface area contributed by atoms with Crippen molar-refractivity contribution in [3.05, 3.63) is 41.1 Å². The maximum atomic E-state index is 12.6. The van der Waals surface area contributed by atoms with Gasteiger partial charge in [0.25, 0.3) is 0 Å². The van der Waals surface area contributed by atoms with Crippen LogP contribution in [0.2, 0.25) is 5.28 Å². The minimum Gasteiger partial charge on any atom is -0.444 e. The number of anilines is 2. The monoisotopic (exact) mass is 401 g/mol. The van der Waals surface area contributed by atoms with Crippen LogP contribution in [0.4, 0.5) is 16.3 Å². The third kappa shape index (κ3) is 3.39. The van der Waals surface area contributed by atoms with Gasteiger partial charge in [0.05, 0.1) is 16.8 Å². The molecule has 148 valence electrons. The number of likely N-dealkylation sites (tertiary alicyclic amines) is 1. The van der Waals surface area contributed by atoms with Crippen molar-refractivity contribution in [3.63, 3.8) is 0 Å². The molecule has 1 unspecified atom stereocenters. The molecule has 0 bridgehead atoms. The molecule has 0 aromatic carbocycles. The van der Waals surface area contributed by atoms with Gasteiger partial charge in [-0.2, -0.15) is 0 Å². The largest absolute Gasteiger partial charge is 0.444 e. The lowest BCUT2D eigenvalue weighted by molar-refractivity contribution is 0.0285. The fraction of sp³-hybridized carbons (Fsp3) is 0.500. The molecule has 7 nitrogen and oxygen atoms in total. The van der Waals surface area contributed by atoms with E-state index in [1.54, 1.807) is 11.1 Å². The SMILES string of the molecule is Cc1ccc2c(n1)C1(CCN(C(=O)OC(C)(C)C)C1)CN2c1ccnc(Cl)n1. The number of pyridine rings is 1. The average molecular weight is 402 g/mol. The van der Waals surface area contributed by atoms with Crippen LogP contribution in [-0.2, 0) is 10.2 Å². The van der Waals surface area contributed by atoms with Gasteiger partial charge in [-0.15, -0.1) is 0 Å². The number of nitrogens with zero attached hydrogens (tertiary/aromatic N) is 5. The number of hydrogen-bond donors (Lipinski definition) is 0. The van der Waals surface area contributed by atoms with Crippen LogP contribution in [0.1, 0.15) is 38.6 Å². The van der Waals surface area contributed by atoms with Gasteiger partial charge in [0.1, 0.15) is 11.4 Å². The molecule has 2 aliphatic heterocycles. The van der Waals surface area contributed by atoms with Crippen molar-refractivity contribution in [2.24, 2.45) is 0 Å². The molecule has 28 heavy (non-hydrogen) atoms. The van der Waals surface area contributed by atoms with Gasteiger partial charge in [-0.25, -0.2) is 14.8 Å². The molecule has 1 saturated heterocycles. The van der Waals surface area contributed by atoms with Crippen LogP contribution in [0.3, 0.4) is 0 Å². The van der Waals surface area contributed by atoms with E-state index in [-0.39, 0.29) is 16.8 Å². The summed E-state index contributed by atoms with van der Waals surface area (Å²) in [6.45, 7) is 9.53. The number of ether oxygens (including phenoxy) is 1. The quantitative estimate of drug-likeness (QED) is 0.675. The van der Waals surface area contributed by atoms with Gasteiger partial charge in [-0.1, -0.05) is 0 Å². The summed E-state index contributed by atoms with van der Waals surface area (Å²) in [7, 11) is 0. The Labute approximate surface area is 169 Å². The molecule has 0 saturated carbocycles. The van der Waals surface area contributed by atoms with Crippen molar-refractivity contribution >= 4 is 29.2 Å². The predicted octanol–water partition coefficient (Wildman–Crippen LogP) is 3.86. The fourth-order valence-electron chi connectivity index (χ4n) is 3.98. The molecule has 4 heterocycles. The Kier molecular flexibility index (Phi) is 4.45. The third-order valence-corrected chi connectivity index (χ3v) is 5.34. The number of halogens is 1. The molecule has 1 fully saturated rings. The maximum Gasteiger partial charge on any atom is 0.410 e. The smallest absolute Gasteiger partial charge is 0.410 e. The second-order valence-corrected chi connectivity index (χ2v) is 8.86. The van der Waals surface area contributed by atoms with Crippen LogP contribution >= 0.6 is 11.6 Å². The van der Waals surface area contributed by atoms with Crippen LogP contribution < -0.4 is 4.90 Å². The molecule has 2 aromatic rings. The first-order valence-electron chi connectivity index (χ1n) is 9.39. The van der Waals surface area contributed by atoms with Gasteiger partial charge in [0.15, 0.2) is 0 Å². The second kappa shape index (κ2) is 6.58. The molecule has 0 N–H and O–H groups in total. The second-order valence-electron chi connectivity index (χ2n) is 8.52. The van der Waals surface area contributed by atoms with E-state index in [1.165, 1.54) is 0 Å². The van der Waals surface area contributed by atoms with Gasteiger partial charge in [0, 0.05) is 31.5 Å². The van der Waals surface area contributed by atoms with Crippen molar-refractivity contribution in [2.45, 2.75) is 45.1 Å². The summed E-state index contributed by atoms with van der Waals surface area (Å²) in [5.74, 6) is 0.736. The Morgan fingerprint density at radius 2 is 2.00 bits per heavy atom. The Morgan fingerprint density at radius 1 is 1.21 bits per heavy atom. The number of fused-ring (bicyclic) bond motifs is 2. The van der Waals surface area contributed by atoms with E-state index in [0.717, 1.165) is 29.3 Å². The summed E-state index contributed by atoms with van der Waals surface area (Å²) in [5.41, 5.74) is 2.20. The Balaban J connectivity index is 1.68. The molecular formula is C20H24ClN5O2. The van der Waals surface area contributed by atoms with Gasteiger partial charge in [-0.3, -0.25) is 4.98 Å². The van der Waals surface area contributed by atoms with E-state index in [1.807, 2.05) is 39.8 Å². The number of amides is 1.